The smallest absolute Gasteiger partial charge is 0.871 e. The van der Waals surface area contributed by atoms with Gasteiger partial charge in [-0.1, -0.05) is 30.0 Å². The van der Waals surface area contributed by atoms with E-state index in [1.807, 2.05) is 0 Å². The molecule has 0 unspecified atom stereocenters. The van der Waals surface area contributed by atoms with Crippen LogP contribution in [0.4, 0.5) is 11.4 Å². The standard InChI is InChI=1S/C12H10N2O4S.Na/c15-12-7-6-10(19(16,17)18)8-11(12)14-13-9-4-2-1-3-5-9;/h1-8,15H,(H,16,17,18);/q;+1/p-1. The quantitative estimate of drug-likeness (QED) is 0.465. The molecule has 0 atom stereocenters. The van der Waals surface area contributed by atoms with Gasteiger partial charge in [0.05, 0.1) is 16.3 Å². The minimum absolute atomic E-state index is 0. The molecule has 0 radical (unpaired) electrons. The van der Waals surface area contributed by atoms with Crippen LogP contribution in [0.3, 0.4) is 0 Å². The first kappa shape index (κ1) is 16.8. The number of hydrogen-bond donors (Lipinski definition) is 1. The Balaban J connectivity index is 0.00000200. The maximum Gasteiger partial charge on any atom is 1.00 e. The fourth-order valence-electron chi connectivity index (χ4n) is 1.34. The maximum absolute atomic E-state index is 11.5. The largest absolute Gasteiger partial charge is 1.00 e. The molecular weight excluding hydrogens is 291 g/mol. The molecule has 0 amide bonds. The van der Waals surface area contributed by atoms with Crippen molar-refractivity contribution in [2.45, 2.75) is 4.90 Å². The first-order valence-electron chi connectivity index (χ1n) is 5.22. The molecule has 2 aromatic carbocycles. The van der Waals surface area contributed by atoms with Crippen molar-refractivity contribution >= 4 is 21.5 Å². The molecule has 0 bridgehead atoms. The molecule has 0 heterocycles. The number of nitrogens with zero attached hydrogens (tertiary/aromatic N) is 2. The summed E-state index contributed by atoms with van der Waals surface area (Å²) in [6.07, 6.45) is 0. The Morgan fingerprint density at radius 3 is 2.25 bits per heavy atom. The Bertz CT molecular complexity index is 717. The first-order chi connectivity index (χ1) is 8.97. The van der Waals surface area contributed by atoms with E-state index in [0.717, 1.165) is 18.2 Å². The summed E-state index contributed by atoms with van der Waals surface area (Å²) in [5.74, 6) is -0.480. The van der Waals surface area contributed by atoms with Gasteiger partial charge in [-0.2, -0.15) is 18.6 Å². The van der Waals surface area contributed by atoms with Crippen LogP contribution in [-0.4, -0.2) is 13.0 Å². The Kier molecular flexibility index (Phi) is 5.85. The van der Waals surface area contributed by atoms with Crippen molar-refractivity contribution in [3.8, 4) is 5.75 Å². The van der Waals surface area contributed by atoms with E-state index in [4.69, 9.17) is 4.55 Å². The van der Waals surface area contributed by atoms with Gasteiger partial charge in [0.1, 0.15) is 0 Å². The van der Waals surface area contributed by atoms with Gasteiger partial charge in [0.2, 0.25) is 0 Å². The van der Waals surface area contributed by atoms with Gasteiger partial charge in [0.25, 0.3) is 10.1 Å². The van der Waals surface area contributed by atoms with Gasteiger partial charge in [-0.25, -0.2) is 0 Å². The second kappa shape index (κ2) is 6.96. The summed E-state index contributed by atoms with van der Waals surface area (Å²) in [6.45, 7) is 0. The summed E-state index contributed by atoms with van der Waals surface area (Å²) in [5.41, 5.74) is 0.373. The van der Waals surface area contributed by atoms with Crippen molar-refractivity contribution in [1.29, 1.82) is 0 Å². The second-order valence-electron chi connectivity index (χ2n) is 3.64. The van der Waals surface area contributed by atoms with Crippen molar-refractivity contribution in [3.63, 3.8) is 0 Å². The van der Waals surface area contributed by atoms with Gasteiger partial charge < -0.3 is 5.11 Å². The molecule has 20 heavy (non-hydrogen) atoms. The van der Waals surface area contributed by atoms with E-state index in [0.29, 0.717) is 5.69 Å². The summed E-state index contributed by atoms with van der Waals surface area (Å²) < 4.78 is 30.8. The van der Waals surface area contributed by atoms with Gasteiger partial charge >= 0.3 is 29.6 Å². The zero-order chi connectivity index (χ0) is 13.9. The fourth-order valence-corrected chi connectivity index (χ4v) is 1.84. The normalized spacial score (nSPS) is 11.2. The van der Waals surface area contributed by atoms with Crippen LogP contribution in [0.2, 0.25) is 0 Å². The van der Waals surface area contributed by atoms with Gasteiger partial charge in [-0.3, -0.25) is 4.55 Å². The summed E-state index contributed by atoms with van der Waals surface area (Å²) in [6, 6.07) is 11.7. The topological polar surface area (TPSA) is 102 Å². The molecule has 8 heteroatoms. The monoisotopic (exact) mass is 300 g/mol. The van der Waals surface area contributed by atoms with Crippen LogP contribution in [0.5, 0.6) is 5.75 Å². The van der Waals surface area contributed by atoms with E-state index in [9.17, 15) is 13.5 Å². The molecule has 0 spiro atoms. The minimum Gasteiger partial charge on any atom is -0.871 e. The maximum atomic E-state index is 11.5. The van der Waals surface area contributed by atoms with Crippen molar-refractivity contribution in [1.82, 2.24) is 0 Å². The summed E-state index contributed by atoms with van der Waals surface area (Å²) in [5, 5.41) is 19.0. The average Bonchev–Trinajstić information content (AvgIpc) is 2.37. The van der Waals surface area contributed by atoms with E-state index < -0.39 is 20.8 Å². The summed E-state index contributed by atoms with van der Waals surface area (Å²) >= 11 is 0. The van der Waals surface area contributed by atoms with Gasteiger partial charge in [-0.05, 0) is 24.3 Å². The molecule has 0 aromatic heterocycles. The van der Waals surface area contributed by atoms with E-state index in [1.54, 1.807) is 30.3 Å². The van der Waals surface area contributed by atoms with Crippen LogP contribution in [0.15, 0.2) is 63.7 Å². The second-order valence-corrected chi connectivity index (χ2v) is 5.06. The Morgan fingerprint density at radius 1 is 1.00 bits per heavy atom. The van der Waals surface area contributed by atoms with Gasteiger partial charge in [0, 0.05) is 0 Å². The van der Waals surface area contributed by atoms with Crippen LogP contribution < -0.4 is 34.7 Å². The summed E-state index contributed by atoms with van der Waals surface area (Å²) in [4.78, 5) is -0.394. The van der Waals surface area contributed by atoms with Crippen molar-refractivity contribution < 1.29 is 47.6 Å². The van der Waals surface area contributed by atoms with Crippen LogP contribution in [0, 0.1) is 0 Å². The molecule has 0 aliphatic rings. The molecule has 6 nitrogen and oxygen atoms in total. The molecule has 2 aromatic rings. The SMILES string of the molecule is O=S(=O)(O)c1ccc([O-])c(N=Nc2ccccc2)c1.[Na+]. The van der Waals surface area contributed by atoms with Gasteiger partial charge in [-0.15, -0.1) is 0 Å². The van der Waals surface area contributed by atoms with E-state index in [1.165, 1.54) is 0 Å². The third-order valence-corrected chi connectivity index (χ3v) is 3.11. The van der Waals surface area contributed by atoms with Crippen LogP contribution in [-0.2, 0) is 10.1 Å². The first-order valence-corrected chi connectivity index (χ1v) is 6.66. The Hall–Kier alpha value is -1.25. The molecule has 0 aliphatic carbocycles. The van der Waals surface area contributed by atoms with E-state index >= 15 is 0 Å². The predicted molar refractivity (Wildman–Crippen MR) is 66.3 cm³/mol. The minimum atomic E-state index is -4.37. The molecule has 0 fully saturated rings. The Labute approximate surface area is 138 Å². The van der Waals surface area contributed by atoms with Crippen LogP contribution >= 0.6 is 0 Å². The van der Waals surface area contributed by atoms with Crippen molar-refractivity contribution in [3.05, 3.63) is 48.5 Å². The Morgan fingerprint density at radius 2 is 1.65 bits per heavy atom. The molecule has 98 valence electrons. The predicted octanol–water partition coefficient (Wildman–Crippen LogP) is -0.574. The number of hydrogen-bond acceptors (Lipinski definition) is 5. The number of azo groups is 1. The van der Waals surface area contributed by atoms with Crippen LogP contribution in [0.25, 0.3) is 0 Å². The molecule has 1 N–H and O–H groups in total. The molecule has 2 rings (SSSR count). The zero-order valence-corrected chi connectivity index (χ0v) is 13.4. The zero-order valence-electron chi connectivity index (χ0n) is 10.6. The number of benzene rings is 2. The van der Waals surface area contributed by atoms with E-state index in [-0.39, 0.29) is 35.2 Å². The fraction of sp³-hybridized carbons (Fsp3) is 0. The molecule has 0 saturated heterocycles. The van der Waals surface area contributed by atoms with E-state index in [2.05, 4.69) is 10.2 Å². The number of rotatable bonds is 3. The molecule has 0 aliphatic heterocycles. The van der Waals surface area contributed by atoms with Crippen LogP contribution in [0.1, 0.15) is 0 Å². The van der Waals surface area contributed by atoms with Gasteiger partial charge in [0.15, 0.2) is 0 Å². The van der Waals surface area contributed by atoms with Crippen molar-refractivity contribution in [2.75, 3.05) is 0 Å². The average molecular weight is 300 g/mol. The third-order valence-electron chi connectivity index (χ3n) is 2.26. The third kappa shape index (κ3) is 4.39. The van der Waals surface area contributed by atoms with Crippen molar-refractivity contribution in [2.24, 2.45) is 10.2 Å². The molecule has 0 saturated carbocycles. The summed E-state index contributed by atoms with van der Waals surface area (Å²) in [7, 11) is -4.37. The molecular formula is C12H9N2NaO4S.